The number of carbonyl (C=O) groups excluding carboxylic acids is 1. The van der Waals surface area contributed by atoms with Crippen LogP contribution in [0.3, 0.4) is 0 Å². The third-order valence-electron chi connectivity index (χ3n) is 1.25. The molecule has 0 aliphatic rings. The van der Waals surface area contributed by atoms with Crippen LogP contribution in [0.1, 0.15) is 0 Å². The molecule has 2 radical (unpaired) electrons. The molecule has 0 aromatic rings. The van der Waals surface area contributed by atoms with Gasteiger partial charge in [-0.15, -0.1) is 0 Å². The number of ether oxygens (including phenoxy) is 1. The lowest BCUT2D eigenvalue weighted by Crippen LogP contribution is -2.32. The van der Waals surface area contributed by atoms with E-state index in [9.17, 15) is 4.79 Å². The summed E-state index contributed by atoms with van der Waals surface area (Å²) in [5.74, 6) is -0.745. The summed E-state index contributed by atoms with van der Waals surface area (Å²) in [5, 5.41) is 0. The highest BCUT2D eigenvalue weighted by Gasteiger charge is 2.32. The first-order chi connectivity index (χ1) is 9.06. The fraction of sp³-hybridized carbons (Fsp3) is 0.909. The van der Waals surface area contributed by atoms with Gasteiger partial charge in [-0.2, -0.15) is 0 Å². The molecule has 0 N–H and O–H groups in total. The fourth-order valence-electron chi connectivity index (χ4n) is 0.727. The standard InChI is InChI=1S/C9H27O3PSi3.C2H3BO2/c1-14(2,3)10-13(11-15(4,5)6)12-16(7,8)9;1-5-2(3)4/h1-9H3;1H3. The lowest BCUT2D eigenvalue weighted by atomic mass is 10.2. The molecule has 124 valence electrons. The Hall–Kier alpha value is 0.496. The summed E-state index contributed by atoms with van der Waals surface area (Å²) in [4.78, 5) is 9.37. The zero-order valence-electron chi connectivity index (χ0n) is 15.1. The summed E-state index contributed by atoms with van der Waals surface area (Å²) in [6.45, 7) is 19.5. The summed E-state index contributed by atoms with van der Waals surface area (Å²) in [6, 6.07) is 0. The van der Waals surface area contributed by atoms with Gasteiger partial charge in [-0.1, -0.05) is 0 Å². The highest BCUT2D eigenvalue weighted by atomic mass is 31.2. The van der Waals surface area contributed by atoms with Gasteiger partial charge in [0.15, 0.2) is 25.0 Å². The first kappa shape index (κ1) is 23.8. The smallest absolute Gasteiger partial charge is 0.300 e. The maximum atomic E-state index is 9.37. The Bertz CT molecular complexity index is 274. The molecule has 5 nitrogen and oxygen atoms in total. The van der Waals surface area contributed by atoms with Gasteiger partial charge in [-0.3, -0.25) is 4.79 Å². The maximum Gasteiger partial charge on any atom is 0.300 e. The lowest BCUT2D eigenvalue weighted by Gasteiger charge is -2.32. The van der Waals surface area contributed by atoms with E-state index in [1.54, 1.807) is 0 Å². The molecule has 0 bridgehead atoms. The summed E-state index contributed by atoms with van der Waals surface area (Å²) in [5.41, 5.74) is 0. The normalized spacial score (nSPS) is 12.7. The van der Waals surface area contributed by atoms with Gasteiger partial charge >= 0.3 is 0 Å². The van der Waals surface area contributed by atoms with E-state index in [2.05, 4.69) is 71.5 Å². The van der Waals surface area contributed by atoms with Crippen LogP contribution in [0.15, 0.2) is 0 Å². The Labute approximate surface area is 135 Å². The van der Waals surface area contributed by atoms with Crippen molar-refractivity contribution < 1.29 is 22.2 Å². The van der Waals surface area contributed by atoms with Crippen molar-refractivity contribution in [1.82, 2.24) is 0 Å². The minimum atomic E-state index is -1.60. The highest BCUT2D eigenvalue weighted by molar-refractivity contribution is 7.47. The third kappa shape index (κ3) is 22.9. The molecule has 0 rings (SSSR count). The number of rotatable bonds is 6. The molecule has 0 aromatic heterocycles. The largest absolute Gasteiger partial charge is 0.478 e. The predicted molar refractivity (Wildman–Crippen MR) is 98.4 cm³/mol. The fourth-order valence-corrected chi connectivity index (χ4v) is 7.55. The Kier molecular flexibility index (Phi) is 10.9. The van der Waals surface area contributed by atoms with Crippen LogP contribution < -0.4 is 0 Å². The van der Waals surface area contributed by atoms with E-state index in [1.165, 1.54) is 7.11 Å². The van der Waals surface area contributed by atoms with E-state index >= 15 is 0 Å². The average Bonchev–Trinajstić information content (AvgIpc) is 2.09. The van der Waals surface area contributed by atoms with E-state index in [4.69, 9.17) is 12.6 Å². The summed E-state index contributed by atoms with van der Waals surface area (Å²) in [7, 11) is -0.274. The second kappa shape index (κ2) is 9.59. The Morgan fingerprint density at radius 3 is 1.05 bits per heavy atom. The van der Waals surface area contributed by atoms with Crippen LogP contribution in [0.2, 0.25) is 58.9 Å². The Balaban J connectivity index is 0. The van der Waals surface area contributed by atoms with Crippen molar-refractivity contribution >= 4 is 47.3 Å². The minimum absolute atomic E-state index is 0.745. The summed E-state index contributed by atoms with van der Waals surface area (Å²) >= 11 is 0. The van der Waals surface area contributed by atoms with Crippen molar-refractivity contribution in [2.75, 3.05) is 7.11 Å². The van der Waals surface area contributed by atoms with Gasteiger partial charge in [-0.25, -0.2) is 0 Å². The van der Waals surface area contributed by atoms with Gasteiger partial charge in [-0.05, 0) is 58.9 Å². The second-order valence-electron chi connectivity index (χ2n) is 7.36. The summed E-state index contributed by atoms with van der Waals surface area (Å²) in [6.07, 6.45) is 0. The van der Waals surface area contributed by atoms with Crippen LogP contribution in [0.5, 0.6) is 0 Å². The molecule has 0 unspecified atom stereocenters. The number of hydrogen-bond donors (Lipinski definition) is 0. The Morgan fingerprint density at radius 2 is 0.952 bits per heavy atom. The quantitative estimate of drug-likeness (QED) is 0.503. The van der Waals surface area contributed by atoms with Crippen LogP contribution in [0, 0.1) is 0 Å². The topological polar surface area (TPSA) is 54.0 Å². The van der Waals surface area contributed by atoms with Gasteiger partial charge in [0.05, 0.1) is 7.11 Å². The number of hydrogen-bond acceptors (Lipinski definition) is 5. The SMILES string of the molecule is C[Si](C)(C)OP(O[Si](C)(C)C)O[Si](C)(C)C.[B]C(=O)OC. The molecule has 0 aromatic carbocycles. The second-order valence-corrected chi connectivity index (χ2v) is 22.7. The molecule has 0 saturated heterocycles. The maximum absolute atomic E-state index is 9.37. The van der Waals surface area contributed by atoms with Crippen LogP contribution in [0.4, 0.5) is 4.79 Å². The van der Waals surface area contributed by atoms with Crippen LogP contribution >= 0.6 is 8.60 Å². The van der Waals surface area contributed by atoms with E-state index in [-0.39, 0.29) is 0 Å². The van der Waals surface area contributed by atoms with Crippen molar-refractivity contribution in [2.24, 2.45) is 0 Å². The van der Waals surface area contributed by atoms with E-state index in [0.717, 1.165) is 0 Å². The van der Waals surface area contributed by atoms with Gasteiger partial charge in [0, 0.05) is 0 Å². The van der Waals surface area contributed by atoms with Gasteiger partial charge < -0.3 is 17.4 Å². The molecule has 0 aliphatic heterocycles. The first-order valence-corrected chi connectivity index (χ1v) is 18.1. The molecule has 0 heterocycles. The molecule has 0 fully saturated rings. The monoisotopic (exact) mass is 368 g/mol. The predicted octanol–water partition coefficient (Wildman–Crippen LogP) is 4.69. The molecule has 0 atom stereocenters. The van der Waals surface area contributed by atoms with Gasteiger partial charge in [0.25, 0.3) is 8.60 Å². The zero-order valence-corrected chi connectivity index (χ0v) is 19.0. The molecular formula is C11H30BO5PSi3. The zero-order chi connectivity index (χ0) is 17.5. The van der Waals surface area contributed by atoms with Crippen LogP contribution in [-0.2, 0) is 17.4 Å². The lowest BCUT2D eigenvalue weighted by molar-refractivity contribution is 0.198. The van der Waals surface area contributed by atoms with Crippen molar-refractivity contribution in [3.63, 3.8) is 0 Å². The van der Waals surface area contributed by atoms with E-state index in [0.29, 0.717) is 0 Å². The van der Waals surface area contributed by atoms with Crippen molar-refractivity contribution in [3.05, 3.63) is 0 Å². The molecule has 0 saturated carbocycles. The van der Waals surface area contributed by atoms with Gasteiger partial charge in [0.2, 0.25) is 13.7 Å². The van der Waals surface area contributed by atoms with Gasteiger partial charge in [0.1, 0.15) is 0 Å². The highest BCUT2D eigenvalue weighted by Crippen LogP contribution is 2.47. The van der Waals surface area contributed by atoms with E-state index < -0.39 is 39.4 Å². The molecule has 10 heteroatoms. The van der Waals surface area contributed by atoms with Crippen LogP contribution in [-0.4, -0.2) is 45.8 Å². The average molecular weight is 368 g/mol. The number of carbonyl (C=O) groups is 1. The Morgan fingerprint density at radius 1 is 0.762 bits per heavy atom. The first-order valence-electron chi connectivity index (χ1n) is 6.77. The minimum Gasteiger partial charge on any atom is -0.478 e. The summed E-state index contributed by atoms with van der Waals surface area (Å²) < 4.78 is 21.9. The van der Waals surface area contributed by atoms with Crippen molar-refractivity contribution in [1.29, 1.82) is 0 Å². The molecular weight excluding hydrogens is 338 g/mol. The molecule has 0 amide bonds. The molecule has 0 aliphatic carbocycles. The molecule has 0 spiro atoms. The number of methoxy groups -OCH3 is 1. The van der Waals surface area contributed by atoms with E-state index in [1.807, 2.05) is 0 Å². The van der Waals surface area contributed by atoms with Crippen LogP contribution in [0.25, 0.3) is 0 Å². The van der Waals surface area contributed by atoms with Crippen molar-refractivity contribution in [2.45, 2.75) is 58.9 Å². The van der Waals surface area contributed by atoms with Crippen molar-refractivity contribution in [3.8, 4) is 0 Å². The molecule has 21 heavy (non-hydrogen) atoms. The third-order valence-corrected chi connectivity index (χ3v) is 9.61.